The minimum absolute atomic E-state index is 0.379. The molecule has 3 aromatic carbocycles. The van der Waals surface area contributed by atoms with E-state index in [0.29, 0.717) is 22.6 Å². The quantitative estimate of drug-likeness (QED) is 0.407. The largest absolute Gasteiger partial charge is 0.497 e. The molecule has 6 nitrogen and oxygen atoms in total. The number of methoxy groups -OCH3 is 2. The van der Waals surface area contributed by atoms with Crippen molar-refractivity contribution in [3.8, 4) is 11.5 Å². The number of halogens is 1. The molecule has 3 rings (SSSR count). The van der Waals surface area contributed by atoms with Crippen LogP contribution in [0.2, 0.25) is 0 Å². The maximum Gasteiger partial charge on any atom is 0.281 e. The molecule has 1 amide bonds. The van der Waals surface area contributed by atoms with Gasteiger partial charge in [-0.1, -0.05) is 52.3 Å². The zero-order valence-electron chi connectivity index (χ0n) is 16.5. The molecule has 3 aromatic rings. The first-order chi connectivity index (χ1) is 14.5. The van der Waals surface area contributed by atoms with E-state index in [1.165, 1.54) is 6.21 Å². The number of carbonyl (C=O) groups excluding carboxylic acids is 1. The van der Waals surface area contributed by atoms with Gasteiger partial charge in [0, 0.05) is 4.47 Å². The zero-order chi connectivity index (χ0) is 21.6. The van der Waals surface area contributed by atoms with Gasteiger partial charge in [0.15, 0.2) is 5.60 Å². The third-order valence-electron chi connectivity index (χ3n) is 4.59. The van der Waals surface area contributed by atoms with E-state index < -0.39 is 11.5 Å². The molecule has 0 atom stereocenters. The van der Waals surface area contributed by atoms with E-state index >= 15 is 0 Å². The number of hydrogen-bond donors (Lipinski definition) is 2. The van der Waals surface area contributed by atoms with Gasteiger partial charge in [0.25, 0.3) is 5.91 Å². The number of aliphatic hydroxyl groups is 1. The van der Waals surface area contributed by atoms with Gasteiger partial charge in [0.05, 0.1) is 20.4 Å². The van der Waals surface area contributed by atoms with Crippen LogP contribution in [0.25, 0.3) is 0 Å². The fourth-order valence-corrected chi connectivity index (χ4v) is 3.15. The molecule has 0 aliphatic carbocycles. The van der Waals surface area contributed by atoms with Crippen molar-refractivity contribution < 1.29 is 19.4 Å². The summed E-state index contributed by atoms with van der Waals surface area (Å²) < 4.78 is 11.3. The SMILES string of the molecule is COc1ccc(C(O)(C(=O)N/N=C/c2ccc(Br)cc2)c2ccc(OC)cc2)cc1. The molecule has 2 N–H and O–H groups in total. The highest BCUT2D eigenvalue weighted by atomic mass is 79.9. The average Bonchev–Trinajstić information content (AvgIpc) is 2.80. The number of nitrogens with zero attached hydrogens (tertiary/aromatic N) is 1. The van der Waals surface area contributed by atoms with Gasteiger partial charge in [0.1, 0.15) is 11.5 Å². The van der Waals surface area contributed by atoms with Crippen molar-refractivity contribution >= 4 is 28.1 Å². The summed E-state index contributed by atoms with van der Waals surface area (Å²) in [5, 5.41) is 15.5. The van der Waals surface area contributed by atoms with E-state index in [2.05, 4.69) is 26.5 Å². The Labute approximate surface area is 183 Å². The van der Waals surface area contributed by atoms with Gasteiger partial charge in [-0.2, -0.15) is 5.10 Å². The number of hydrogen-bond acceptors (Lipinski definition) is 5. The number of benzene rings is 3. The van der Waals surface area contributed by atoms with Gasteiger partial charge < -0.3 is 14.6 Å². The Morgan fingerprint density at radius 2 is 1.37 bits per heavy atom. The van der Waals surface area contributed by atoms with E-state index in [-0.39, 0.29) is 0 Å². The molecule has 0 bridgehead atoms. The van der Waals surface area contributed by atoms with Crippen molar-refractivity contribution in [3.63, 3.8) is 0 Å². The number of amides is 1. The molecule has 0 heterocycles. The predicted octanol–water partition coefficient (Wildman–Crippen LogP) is 3.85. The normalized spacial score (nSPS) is 11.3. The van der Waals surface area contributed by atoms with Crippen LogP contribution in [0.4, 0.5) is 0 Å². The number of carbonyl (C=O) groups is 1. The highest BCUT2D eigenvalue weighted by Gasteiger charge is 2.40. The molecular formula is C23H21BrN2O4. The van der Waals surface area contributed by atoms with Gasteiger partial charge in [-0.15, -0.1) is 0 Å². The Bertz CT molecular complexity index is 969. The second-order valence-corrected chi connectivity index (χ2v) is 7.33. The third-order valence-corrected chi connectivity index (χ3v) is 5.12. The highest BCUT2D eigenvalue weighted by molar-refractivity contribution is 9.10. The molecule has 30 heavy (non-hydrogen) atoms. The average molecular weight is 469 g/mol. The summed E-state index contributed by atoms with van der Waals surface area (Å²) in [6.45, 7) is 0. The Kier molecular flexibility index (Phi) is 6.87. The number of ether oxygens (including phenoxy) is 2. The standard InChI is InChI=1S/C23H21BrN2O4/c1-29-20-11-5-17(6-12-20)23(28,18-7-13-21(30-2)14-8-18)22(27)26-25-15-16-3-9-19(24)10-4-16/h3-15,28H,1-2H3,(H,26,27)/b25-15+. The summed E-state index contributed by atoms with van der Waals surface area (Å²) in [4.78, 5) is 13.1. The molecule has 0 fully saturated rings. The van der Waals surface area contributed by atoms with E-state index in [0.717, 1.165) is 10.0 Å². The van der Waals surface area contributed by atoms with Crippen LogP contribution in [0, 0.1) is 0 Å². The lowest BCUT2D eigenvalue weighted by Gasteiger charge is -2.27. The van der Waals surface area contributed by atoms with Crippen LogP contribution in [0.3, 0.4) is 0 Å². The Morgan fingerprint density at radius 1 is 0.900 bits per heavy atom. The van der Waals surface area contributed by atoms with Gasteiger partial charge in [-0.05, 0) is 53.1 Å². The van der Waals surface area contributed by atoms with Crippen molar-refractivity contribution in [1.82, 2.24) is 5.43 Å². The first kappa shape index (κ1) is 21.5. The molecule has 0 saturated heterocycles. The van der Waals surface area contributed by atoms with Crippen LogP contribution in [0.15, 0.2) is 82.4 Å². The van der Waals surface area contributed by atoms with Crippen LogP contribution >= 0.6 is 15.9 Å². The van der Waals surface area contributed by atoms with Crippen molar-refractivity contribution in [2.45, 2.75) is 5.60 Å². The molecular weight excluding hydrogens is 448 g/mol. The smallest absolute Gasteiger partial charge is 0.281 e. The summed E-state index contributed by atoms with van der Waals surface area (Å²) in [7, 11) is 3.10. The second kappa shape index (κ2) is 9.56. The number of hydrazone groups is 1. The van der Waals surface area contributed by atoms with E-state index in [1.54, 1.807) is 62.8 Å². The molecule has 0 unspecified atom stereocenters. The van der Waals surface area contributed by atoms with Crippen molar-refractivity contribution in [3.05, 3.63) is 94.0 Å². The topological polar surface area (TPSA) is 80.2 Å². The maximum absolute atomic E-state index is 13.1. The Balaban J connectivity index is 1.92. The second-order valence-electron chi connectivity index (χ2n) is 6.42. The lowest BCUT2D eigenvalue weighted by atomic mass is 9.85. The summed E-state index contributed by atoms with van der Waals surface area (Å²) in [6, 6.07) is 20.7. The van der Waals surface area contributed by atoms with Gasteiger partial charge >= 0.3 is 0 Å². The Morgan fingerprint density at radius 3 is 1.80 bits per heavy atom. The molecule has 7 heteroatoms. The summed E-state index contributed by atoms with van der Waals surface area (Å²) in [5.74, 6) is 0.542. The van der Waals surface area contributed by atoms with E-state index in [9.17, 15) is 9.90 Å². The first-order valence-electron chi connectivity index (χ1n) is 9.08. The lowest BCUT2D eigenvalue weighted by Crippen LogP contribution is -2.43. The highest BCUT2D eigenvalue weighted by Crippen LogP contribution is 2.32. The van der Waals surface area contributed by atoms with Crippen LogP contribution in [-0.2, 0) is 10.4 Å². The van der Waals surface area contributed by atoms with E-state index in [1.807, 2.05) is 24.3 Å². The fraction of sp³-hybridized carbons (Fsp3) is 0.130. The summed E-state index contributed by atoms with van der Waals surface area (Å²) >= 11 is 3.37. The van der Waals surface area contributed by atoms with Crippen molar-refractivity contribution in [2.24, 2.45) is 5.10 Å². The molecule has 0 aliphatic heterocycles. The van der Waals surface area contributed by atoms with Crippen LogP contribution in [0.5, 0.6) is 11.5 Å². The van der Waals surface area contributed by atoms with Crippen molar-refractivity contribution in [2.75, 3.05) is 14.2 Å². The fourth-order valence-electron chi connectivity index (χ4n) is 2.89. The predicted molar refractivity (Wildman–Crippen MR) is 119 cm³/mol. The molecule has 0 aromatic heterocycles. The van der Waals surface area contributed by atoms with Crippen LogP contribution in [-0.4, -0.2) is 31.4 Å². The minimum atomic E-state index is -1.96. The van der Waals surface area contributed by atoms with Gasteiger partial charge in [-0.3, -0.25) is 4.79 Å². The summed E-state index contributed by atoms with van der Waals surface area (Å²) in [5.41, 5.74) is 2.04. The molecule has 0 saturated carbocycles. The molecule has 0 aliphatic rings. The van der Waals surface area contributed by atoms with Gasteiger partial charge in [0.2, 0.25) is 0 Å². The van der Waals surface area contributed by atoms with Crippen molar-refractivity contribution in [1.29, 1.82) is 0 Å². The monoisotopic (exact) mass is 468 g/mol. The maximum atomic E-state index is 13.1. The number of nitrogens with one attached hydrogen (secondary N) is 1. The molecule has 154 valence electrons. The summed E-state index contributed by atoms with van der Waals surface area (Å²) in [6.07, 6.45) is 1.51. The third kappa shape index (κ3) is 4.69. The minimum Gasteiger partial charge on any atom is -0.497 e. The molecule has 0 radical (unpaired) electrons. The Hall–Kier alpha value is -3.16. The van der Waals surface area contributed by atoms with Gasteiger partial charge in [-0.25, -0.2) is 5.43 Å². The number of rotatable bonds is 7. The van der Waals surface area contributed by atoms with E-state index in [4.69, 9.17) is 9.47 Å². The first-order valence-corrected chi connectivity index (χ1v) is 9.87. The van der Waals surface area contributed by atoms with Crippen LogP contribution in [0.1, 0.15) is 16.7 Å². The lowest BCUT2D eigenvalue weighted by molar-refractivity contribution is -0.136. The zero-order valence-corrected chi connectivity index (χ0v) is 18.1. The van der Waals surface area contributed by atoms with Crippen LogP contribution < -0.4 is 14.9 Å². The molecule has 0 spiro atoms.